The Morgan fingerprint density at radius 2 is 1.62 bits per heavy atom. The Hall–Kier alpha value is -2.20. The molecule has 124 valence electrons. The van der Waals surface area contributed by atoms with Crippen molar-refractivity contribution in [2.45, 2.75) is 6.92 Å². The molecule has 9 heteroatoms. The van der Waals surface area contributed by atoms with Crippen molar-refractivity contribution in [2.24, 2.45) is 0 Å². The highest BCUT2D eigenvalue weighted by Gasteiger charge is 2.17. The van der Waals surface area contributed by atoms with Gasteiger partial charge in [0.2, 0.25) is 0 Å². The van der Waals surface area contributed by atoms with E-state index in [1.807, 2.05) is 6.92 Å². The van der Waals surface area contributed by atoms with Gasteiger partial charge in [-0.15, -0.1) is 0 Å². The summed E-state index contributed by atoms with van der Waals surface area (Å²) >= 11 is 7.79. The number of nitrogens with zero attached hydrogens (tertiary/aromatic N) is 1. The lowest BCUT2D eigenvalue weighted by Crippen LogP contribution is -2.41. The molecule has 7 nitrogen and oxygen atoms in total. The van der Waals surface area contributed by atoms with E-state index in [-0.39, 0.29) is 16.3 Å². The fraction of sp³-hybridized carbons (Fsp3) is 0.0667. The van der Waals surface area contributed by atoms with Gasteiger partial charge in [0.15, 0.2) is 0 Å². The molecule has 0 saturated heterocycles. The number of rotatable bonds is 3. The fourth-order valence-corrected chi connectivity index (χ4v) is 2.49. The third kappa shape index (κ3) is 4.20. The van der Waals surface area contributed by atoms with Crippen LogP contribution in [0.25, 0.3) is 0 Å². The Balaban J connectivity index is 2.07. The van der Waals surface area contributed by atoms with Crippen molar-refractivity contribution in [3.05, 3.63) is 71.8 Å². The fourth-order valence-electron chi connectivity index (χ4n) is 1.79. The number of benzene rings is 2. The van der Waals surface area contributed by atoms with Crippen LogP contribution in [0.15, 0.2) is 36.4 Å². The van der Waals surface area contributed by atoms with Gasteiger partial charge in [-0.2, -0.15) is 0 Å². The number of carbonyl (C=O) groups is 2. The van der Waals surface area contributed by atoms with Gasteiger partial charge in [-0.05, 0) is 59.3 Å². The summed E-state index contributed by atoms with van der Waals surface area (Å²) in [6.45, 7) is 1.92. The van der Waals surface area contributed by atoms with Crippen LogP contribution < -0.4 is 10.9 Å². The van der Waals surface area contributed by atoms with Gasteiger partial charge in [0.05, 0.1) is 4.92 Å². The summed E-state index contributed by atoms with van der Waals surface area (Å²) in [4.78, 5) is 34.1. The first-order chi connectivity index (χ1) is 11.3. The van der Waals surface area contributed by atoms with E-state index >= 15 is 0 Å². The Bertz CT molecular complexity index is 841. The lowest BCUT2D eigenvalue weighted by atomic mass is 10.1. The highest BCUT2D eigenvalue weighted by atomic mass is 127. The molecule has 2 aromatic carbocycles. The van der Waals surface area contributed by atoms with Crippen LogP contribution in [0.4, 0.5) is 5.69 Å². The highest BCUT2D eigenvalue weighted by molar-refractivity contribution is 14.1. The lowest BCUT2D eigenvalue weighted by Gasteiger charge is -2.08. The third-order valence-corrected chi connectivity index (χ3v) is 4.61. The van der Waals surface area contributed by atoms with Crippen LogP contribution in [0.1, 0.15) is 26.3 Å². The third-order valence-electron chi connectivity index (χ3n) is 3.13. The second kappa shape index (κ2) is 7.58. The molecule has 2 amide bonds. The molecule has 0 aliphatic carbocycles. The quantitative estimate of drug-likeness (QED) is 0.418. The Morgan fingerprint density at radius 1 is 1.08 bits per heavy atom. The summed E-state index contributed by atoms with van der Waals surface area (Å²) in [5.74, 6) is -1.19. The van der Waals surface area contributed by atoms with Gasteiger partial charge in [-0.3, -0.25) is 30.6 Å². The van der Waals surface area contributed by atoms with E-state index in [2.05, 4.69) is 33.4 Å². The van der Waals surface area contributed by atoms with E-state index in [1.54, 1.807) is 18.2 Å². The molecule has 2 N–H and O–H groups in total. The van der Waals surface area contributed by atoms with Crippen LogP contribution in [0, 0.1) is 20.6 Å². The number of hydrazine groups is 1. The second-order valence-electron chi connectivity index (χ2n) is 4.80. The van der Waals surface area contributed by atoms with E-state index in [0.29, 0.717) is 5.56 Å². The normalized spacial score (nSPS) is 10.1. The molecule has 0 spiro atoms. The van der Waals surface area contributed by atoms with Crippen LogP contribution in [-0.2, 0) is 0 Å². The zero-order valence-electron chi connectivity index (χ0n) is 12.3. The SMILES string of the molecule is Cc1ccc(C(=O)NNC(=O)c2ccc(Cl)c([N+](=O)[O-])c2)cc1I. The summed E-state index contributed by atoms with van der Waals surface area (Å²) in [6, 6.07) is 8.72. The number of aryl methyl sites for hydroxylation is 1. The Kier molecular flexibility index (Phi) is 5.73. The summed E-state index contributed by atoms with van der Waals surface area (Å²) in [5.41, 5.74) is 5.51. The molecule has 2 rings (SSSR count). The topological polar surface area (TPSA) is 101 Å². The monoisotopic (exact) mass is 459 g/mol. The minimum atomic E-state index is -0.690. The number of hydrogen-bond donors (Lipinski definition) is 2. The maximum Gasteiger partial charge on any atom is 0.288 e. The van der Waals surface area contributed by atoms with Gasteiger partial charge < -0.3 is 0 Å². The van der Waals surface area contributed by atoms with E-state index in [9.17, 15) is 19.7 Å². The Morgan fingerprint density at radius 3 is 2.17 bits per heavy atom. The first-order valence-corrected chi connectivity index (χ1v) is 8.06. The number of nitro groups is 1. The van der Waals surface area contributed by atoms with Crippen LogP contribution in [0.2, 0.25) is 5.02 Å². The van der Waals surface area contributed by atoms with Crippen LogP contribution >= 0.6 is 34.2 Å². The van der Waals surface area contributed by atoms with Crippen molar-refractivity contribution >= 4 is 51.7 Å². The van der Waals surface area contributed by atoms with E-state index < -0.39 is 16.7 Å². The molecule has 0 aliphatic rings. The predicted octanol–water partition coefficient (Wildman–Crippen LogP) is 3.24. The highest BCUT2D eigenvalue weighted by Crippen LogP contribution is 2.24. The molecule has 0 unspecified atom stereocenters. The van der Waals surface area contributed by atoms with Gasteiger partial charge >= 0.3 is 0 Å². The molecule has 0 heterocycles. The van der Waals surface area contributed by atoms with E-state index in [1.165, 1.54) is 12.1 Å². The first-order valence-electron chi connectivity index (χ1n) is 6.60. The summed E-state index contributed by atoms with van der Waals surface area (Å²) < 4.78 is 0.917. The standard InChI is InChI=1S/C15H11ClIN3O4/c1-8-2-3-9(6-12(8)17)14(21)18-19-15(22)10-4-5-11(16)13(7-10)20(23)24/h2-7H,1H3,(H,18,21)(H,19,22). The first kappa shape index (κ1) is 18.1. The van der Waals surface area contributed by atoms with Gasteiger partial charge in [0, 0.05) is 20.8 Å². The predicted molar refractivity (Wildman–Crippen MR) is 96.9 cm³/mol. The molecule has 24 heavy (non-hydrogen) atoms. The molecular weight excluding hydrogens is 449 g/mol. The number of amides is 2. The van der Waals surface area contributed by atoms with Gasteiger partial charge in [0.1, 0.15) is 5.02 Å². The summed E-state index contributed by atoms with van der Waals surface area (Å²) in [7, 11) is 0. The number of hydrogen-bond acceptors (Lipinski definition) is 4. The Labute approximate surface area is 155 Å². The number of nitro benzene ring substituents is 1. The number of nitrogens with one attached hydrogen (secondary N) is 2. The number of carbonyl (C=O) groups excluding carboxylic acids is 2. The minimum absolute atomic E-state index is 0.00452. The van der Waals surface area contributed by atoms with Crippen molar-refractivity contribution in [1.82, 2.24) is 10.9 Å². The molecule has 0 fully saturated rings. The van der Waals surface area contributed by atoms with Crippen molar-refractivity contribution in [3.63, 3.8) is 0 Å². The molecule has 0 atom stereocenters. The van der Waals surface area contributed by atoms with Gasteiger partial charge in [0.25, 0.3) is 17.5 Å². The average molecular weight is 460 g/mol. The molecule has 2 aromatic rings. The maximum atomic E-state index is 12.0. The van der Waals surface area contributed by atoms with Crippen molar-refractivity contribution in [1.29, 1.82) is 0 Å². The zero-order valence-corrected chi connectivity index (χ0v) is 15.2. The molecular formula is C15H11ClIN3O4. The maximum absolute atomic E-state index is 12.0. The summed E-state index contributed by atoms with van der Waals surface area (Å²) in [6.07, 6.45) is 0. The number of halogens is 2. The van der Waals surface area contributed by atoms with Crippen LogP contribution in [0.3, 0.4) is 0 Å². The van der Waals surface area contributed by atoms with Crippen molar-refractivity contribution < 1.29 is 14.5 Å². The molecule has 0 saturated carbocycles. The zero-order chi connectivity index (χ0) is 17.9. The van der Waals surface area contributed by atoms with Crippen LogP contribution in [-0.4, -0.2) is 16.7 Å². The lowest BCUT2D eigenvalue weighted by molar-refractivity contribution is -0.384. The van der Waals surface area contributed by atoms with Crippen LogP contribution in [0.5, 0.6) is 0 Å². The van der Waals surface area contributed by atoms with Gasteiger partial charge in [-0.1, -0.05) is 17.7 Å². The molecule has 0 aromatic heterocycles. The smallest absolute Gasteiger partial charge is 0.267 e. The average Bonchev–Trinajstić information content (AvgIpc) is 2.55. The largest absolute Gasteiger partial charge is 0.288 e. The van der Waals surface area contributed by atoms with E-state index in [0.717, 1.165) is 15.2 Å². The molecule has 0 aliphatic heterocycles. The summed E-state index contributed by atoms with van der Waals surface area (Å²) in [5, 5.41) is 10.8. The van der Waals surface area contributed by atoms with Gasteiger partial charge in [-0.25, -0.2) is 0 Å². The van der Waals surface area contributed by atoms with Crippen molar-refractivity contribution in [2.75, 3.05) is 0 Å². The van der Waals surface area contributed by atoms with E-state index in [4.69, 9.17) is 11.6 Å². The molecule has 0 radical (unpaired) electrons. The minimum Gasteiger partial charge on any atom is -0.267 e. The second-order valence-corrected chi connectivity index (χ2v) is 6.36. The van der Waals surface area contributed by atoms with Crippen molar-refractivity contribution in [3.8, 4) is 0 Å². The molecule has 0 bridgehead atoms.